The van der Waals surface area contributed by atoms with Crippen LogP contribution in [0.15, 0.2) is 0 Å². The van der Waals surface area contributed by atoms with Crippen molar-refractivity contribution in [3.63, 3.8) is 0 Å². The van der Waals surface area contributed by atoms with Gasteiger partial charge in [-0.05, 0) is 51.4 Å². The molecule has 0 aliphatic heterocycles. The van der Waals surface area contributed by atoms with Gasteiger partial charge in [-0.1, -0.05) is 12.8 Å². The molecule has 0 aliphatic rings. The molecule has 0 aromatic heterocycles. The summed E-state index contributed by atoms with van der Waals surface area (Å²) in [7, 11) is 0. The highest BCUT2D eigenvalue weighted by Gasteiger charge is 2.28. The van der Waals surface area contributed by atoms with Crippen LogP contribution >= 0.6 is 0 Å². The standard InChI is InChI=1S/C26H46N6O8/c1-17(33)28-15-9-7-11-20(24(27)38)31-26(40)22(12-5-4-6-14-23(36)37)32-25(39)21(30-19(3)35)13-8-10-16-29-18(2)34/h20-22H,4-16H2,1-3H3,(H2,27,38)(H,28,33)(H,29,34)(H,30,35)(H,31,40)(H,32,39)(H,36,37)/t20-,21-,22-/m0/s1. The number of nitrogens with two attached hydrogens (primary N) is 1. The molecule has 0 aliphatic carbocycles. The van der Waals surface area contributed by atoms with Crippen LogP contribution in [0.5, 0.6) is 0 Å². The van der Waals surface area contributed by atoms with E-state index in [0.29, 0.717) is 58.0 Å². The van der Waals surface area contributed by atoms with E-state index in [2.05, 4.69) is 26.6 Å². The molecule has 0 aromatic carbocycles. The first-order chi connectivity index (χ1) is 18.8. The van der Waals surface area contributed by atoms with Crippen molar-refractivity contribution in [1.82, 2.24) is 26.6 Å². The van der Waals surface area contributed by atoms with E-state index in [1.165, 1.54) is 20.8 Å². The van der Waals surface area contributed by atoms with Gasteiger partial charge in [0.1, 0.15) is 18.1 Å². The molecule has 0 heterocycles. The molecular formula is C26H46N6O8. The first-order valence-electron chi connectivity index (χ1n) is 13.7. The number of unbranched alkanes of at least 4 members (excludes halogenated alkanes) is 4. The van der Waals surface area contributed by atoms with Gasteiger partial charge in [0, 0.05) is 40.3 Å². The largest absolute Gasteiger partial charge is 0.481 e. The highest BCUT2D eigenvalue weighted by Crippen LogP contribution is 2.10. The minimum Gasteiger partial charge on any atom is -0.481 e. The number of amides is 6. The molecule has 6 amide bonds. The molecule has 0 rings (SSSR count). The summed E-state index contributed by atoms with van der Waals surface area (Å²) in [5.41, 5.74) is 5.48. The van der Waals surface area contributed by atoms with Gasteiger partial charge in [-0.25, -0.2) is 0 Å². The van der Waals surface area contributed by atoms with Crippen LogP contribution < -0.4 is 32.3 Å². The van der Waals surface area contributed by atoms with Crippen LogP contribution in [-0.4, -0.2) is 77.7 Å². The number of hydrogen-bond acceptors (Lipinski definition) is 7. The number of carbonyl (C=O) groups is 7. The van der Waals surface area contributed by atoms with Crippen molar-refractivity contribution >= 4 is 41.4 Å². The maximum absolute atomic E-state index is 13.1. The maximum atomic E-state index is 13.1. The second kappa shape index (κ2) is 21.2. The second-order valence-corrected chi connectivity index (χ2v) is 9.73. The van der Waals surface area contributed by atoms with E-state index >= 15 is 0 Å². The first kappa shape index (κ1) is 36.3. The smallest absolute Gasteiger partial charge is 0.303 e. The fourth-order valence-corrected chi connectivity index (χ4v) is 3.89. The van der Waals surface area contributed by atoms with E-state index in [0.717, 1.165) is 0 Å². The van der Waals surface area contributed by atoms with E-state index < -0.39 is 47.7 Å². The van der Waals surface area contributed by atoms with E-state index in [9.17, 15) is 33.6 Å². The van der Waals surface area contributed by atoms with Crippen LogP contribution in [-0.2, 0) is 33.6 Å². The Labute approximate surface area is 235 Å². The summed E-state index contributed by atoms with van der Waals surface area (Å²) in [6.45, 7) is 4.90. The topological polar surface area (TPSA) is 226 Å². The number of carboxylic acids is 1. The normalized spacial score (nSPS) is 12.8. The summed E-state index contributed by atoms with van der Waals surface area (Å²) >= 11 is 0. The average Bonchev–Trinajstić information content (AvgIpc) is 2.84. The molecule has 0 radical (unpaired) electrons. The third kappa shape index (κ3) is 19.4. The van der Waals surface area contributed by atoms with Crippen molar-refractivity contribution in [2.45, 2.75) is 110 Å². The fraction of sp³-hybridized carbons (Fsp3) is 0.731. The van der Waals surface area contributed by atoms with Gasteiger partial charge < -0.3 is 37.4 Å². The highest BCUT2D eigenvalue weighted by atomic mass is 16.4. The number of carboxylic acid groups (broad SMARTS) is 1. The average molecular weight is 571 g/mol. The van der Waals surface area contributed by atoms with Gasteiger partial charge >= 0.3 is 5.97 Å². The molecule has 0 spiro atoms. The van der Waals surface area contributed by atoms with E-state index in [4.69, 9.17) is 10.8 Å². The molecule has 0 saturated heterocycles. The lowest BCUT2D eigenvalue weighted by molar-refractivity contribution is -0.137. The monoisotopic (exact) mass is 570 g/mol. The van der Waals surface area contributed by atoms with Crippen LogP contribution in [0.4, 0.5) is 0 Å². The minimum absolute atomic E-state index is 0.0193. The summed E-state index contributed by atoms with van der Waals surface area (Å²) in [5.74, 6) is -3.64. The summed E-state index contributed by atoms with van der Waals surface area (Å²) in [5, 5.41) is 22.0. The molecular weight excluding hydrogens is 524 g/mol. The molecule has 40 heavy (non-hydrogen) atoms. The number of rotatable bonds is 22. The van der Waals surface area contributed by atoms with Crippen LogP contribution in [0, 0.1) is 0 Å². The molecule has 0 fully saturated rings. The molecule has 0 bridgehead atoms. The number of nitrogens with one attached hydrogen (secondary N) is 5. The van der Waals surface area contributed by atoms with Gasteiger partial charge in [0.15, 0.2) is 0 Å². The van der Waals surface area contributed by atoms with Gasteiger partial charge in [-0.2, -0.15) is 0 Å². The van der Waals surface area contributed by atoms with E-state index in [-0.39, 0.29) is 37.5 Å². The molecule has 14 nitrogen and oxygen atoms in total. The quantitative estimate of drug-likeness (QED) is 0.0845. The minimum atomic E-state index is -1.05. The Morgan fingerprint density at radius 3 is 1.43 bits per heavy atom. The Bertz CT molecular complexity index is 866. The van der Waals surface area contributed by atoms with Crippen molar-refractivity contribution in [2.24, 2.45) is 5.73 Å². The van der Waals surface area contributed by atoms with Crippen molar-refractivity contribution in [3.8, 4) is 0 Å². The molecule has 14 heteroatoms. The molecule has 8 N–H and O–H groups in total. The zero-order valence-electron chi connectivity index (χ0n) is 23.8. The fourth-order valence-electron chi connectivity index (χ4n) is 3.89. The number of aliphatic carboxylic acids is 1. The highest BCUT2D eigenvalue weighted by molar-refractivity contribution is 5.93. The van der Waals surface area contributed by atoms with Crippen LogP contribution in [0.1, 0.15) is 91.4 Å². The summed E-state index contributed by atoms with van der Waals surface area (Å²) in [6, 6.07) is -2.96. The number of carbonyl (C=O) groups excluding carboxylic acids is 6. The molecule has 228 valence electrons. The van der Waals surface area contributed by atoms with Crippen LogP contribution in [0.25, 0.3) is 0 Å². The lowest BCUT2D eigenvalue weighted by Gasteiger charge is -2.25. The second-order valence-electron chi connectivity index (χ2n) is 9.73. The third-order valence-corrected chi connectivity index (χ3v) is 5.96. The molecule has 3 atom stereocenters. The van der Waals surface area contributed by atoms with Crippen molar-refractivity contribution in [3.05, 3.63) is 0 Å². The Morgan fingerprint density at radius 2 is 1.00 bits per heavy atom. The first-order valence-corrected chi connectivity index (χ1v) is 13.7. The summed E-state index contributed by atoms with van der Waals surface area (Å²) in [4.78, 5) is 82.7. The molecule has 0 unspecified atom stereocenters. The Morgan fingerprint density at radius 1 is 0.575 bits per heavy atom. The van der Waals surface area contributed by atoms with Crippen molar-refractivity contribution in [2.75, 3.05) is 13.1 Å². The Balaban J connectivity index is 5.32. The zero-order valence-corrected chi connectivity index (χ0v) is 23.8. The number of hydrogen-bond donors (Lipinski definition) is 7. The van der Waals surface area contributed by atoms with Gasteiger partial charge in [0.2, 0.25) is 35.4 Å². The lowest BCUT2D eigenvalue weighted by Crippen LogP contribution is -2.56. The Hall–Kier alpha value is -3.71. The third-order valence-electron chi connectivity index (χ3n) is 5.96. The predicted octanol–water partition coefficient (Wildman–Crippen LogP) is -0.406. The van der Waals surface area contributed by atoms with Gasteiger partial charge in [-0.3, -0.25) is 33.6 Å². The van der Waals surface area contributed by atoms with E-state index in [1.807, 2.05) is 0 Å². The molecule has 0 aromatic rings. The van der Waals surface area contributed by atoms with Crippen molar-refractivity contribution < 1.29 is 38.7 Å². The van der Waals surface area contributed by atoms with Gasteiger partial charge in [-0.15, -0.1) is 0 Å². The van der Waals surface area contributed by atoms with Crippen molar-refractivity contribution in [1.29, 1.82) is 0 Å². The Kier molecular flexibility index (Phi) is 19.2. The summed E-state index contributed by atoms with van der Waals surface area (Å²) < 4.78 is 0. The summed E-state index contributed by atoms with van der Waals surface area (Å²) in [6.07, 6.45) is 4.20. The zero-order chi connectivity index (χ0) is 30.5. The number of primary amides is 1. The molecule has 0 saturated carbocycles. The van der Waals surface area contributed by atoms with Gasteiger partial charge in [0.05, 0.1) is 0 Å². The SMILES string of the molecule is CC(=O)NCCCC[C@H](NC(=O)[C@H](CCCCCC(=O)O)NC(=O)[C@H](CCCCNC(C)=O)NC(C)=O)C(N)=O. The maximum Gasteiger partial charge on any atom is 0.303 e. The predicted molar refractivity (Wildman–Crippen MR) is 146 cm³/mol. The van der Waals surface area contributed by atoms with Crippen LogP contribution in [0.2, 0.25) is 0 Å². The van der Waals surface area contributed by atoms with E-state index in [1.54, 1.807) is 0 Å². The van der Waals surface area contributed by atoms with Crippen LogP contribution in [0.3, 0.4) is 0 Å². The van der Waals surface area contributed by atoms with Gasteiger partial charge in [0.25, 0.3) is 0 Å². The lowest BCUT2D eigenvalue weighted by atomic mass is 10.0.